The topological polar surface area (TPSA) is 36.9 Å². The van der Waals surface area contributed by atoms with Gasteiger partial charge in [0.05, 0.1) is 39.6 Å². The second kappa shape index (κ2) is 8.36. The summed E-state index contributed by atoms with van der Waals surface area (Å²) in [5, 5.41) is 0. The van der Waals surface area contributed by atoms with E-state index >= 15 is 0 Å². The van der Waals surface area contributed by atoms with Crippen molar-refractivity contribution in [3.63, 3.8) is 0 Å². The number of benzene rings is 1. The highest BCUT2D eigenvalue weighted by atomic mass is 16.5. The molecule has 0 aromatic heterocycles. The molecule has 0 spiro atoms. The van der Waals surface area contributed by atoms with Crippen molar-refractivity contribution in [1.82, 2.24) is 0 Å². The Labute approximate surface area is 237 Å². The predicted molar refractivity (Wildman–Crippen MR) is 155 cm³/mol. The quantitative estimate of drug-likeness (QED) is 0.360. The average Bonchev–Trinajstić information content (AvgIpc) is 3.76. The monoisotopic (exact) mass is 534 g/mol. The molecule has 1 aromatic rings. The number of methoxy groups -OCH3 is 2. The molecule has 11 rings (SSSR count). The summed E-state index contributed by atoms with van der Waals surface area (Å²) in [5.74, 6) is 7.43. The molecule has 1 aromatic carbocycles. The van der Waals surface area contributed by atoms with Crippen molar-refractivity contribution in [2.75, 3.05) is 27.4 Å². The third kappa shape index (κ3) is 2.62. The maximum absolute atomic E-state index is 6.51. The van der Waals surface area contributed by atoms with E-state index in [2.05, 4.69) is 61.8 Å². The summed E-state index contributed by atoms with van der Waals surface area (Å²) in [4.78, 5) is 0. The zero-order valence-electron chi connectivity index (χ0n) is 23.3. The van der Waals surface area contributed by atoms with E-state index in [4.69, 9.17) is 18.9 Å². The molecule has 2 unspecified atom stereocenters. The molecule has 2 fully saturated rings. The van der Waals surface area contributed by atoms with Crippen molar-refractivity contribution >= 4 is 0 Å². The minimum atomic E-state index is 0.241. The number of rotatable bonds is 8. The van der Waals surface area contributed by atoms with Crippen LogP contribution in [-0.2, 0) is 9.47 Å². The Morgan fingerprint density at radius 3 is 1.07 bits per heavy atom. The van der Waals surface area contributed by atoms with Crippen molar-refractivity contribution in [2.24, 2.45) is 47.3 Å². The lowest BCUT2D eigenvalue weighted by atomic mass is 9.52. The number of fused-ring (bicyclic) bond motifs is 4. The molecule has 14 atom stereocenters. The van der Waals surface area contributed by atoms with E-state index < -0.39 is 0 Å². The fourth-order valence-corrected chi connectivity index (χ4v) is 11.3. The summed E-state index contributed by atoms with van der Waals surface area (Å²) in [5.41, 5.74) is 5.58. The van der Waals surface area contributed by atoms with E-state index in [9.17, 15) is 0 Å². The second-order valence-electron chi connectivity index (χ2n) is 13.2. The van der Waals surface area contributed by atoms with Crippen LogP contribution in [0.15, 0.2) is 73.9 Å². The van der Waals surface area contributed by atoms with Crippen LogP contribution in [0.25, 0.3) is 0 Å². The zero-order valence-corrected chi connectivity index (χ0v) is 23.3. The molecular formula is C36H38O4. The van der Waals surface area contributed by atoms with Crippen LogP contribution >= 0.6 is 0 Å². The van der Waals surface area contributed by atoms with Gasteiger partial charge < -0.3 is 18.9 Å². The van der Waals surface area contributed by atoms with Gasteiger partial charge in [0.2, 0.25) is 0 Å². The molecule has 4 nitrogen and oxygen atoms in total. The highest BCUT2D eigenvalue weighted by molar-refractivity contribution is 5.71. The SMILES string of the molecule is C=CCOC1[C@H]2C=C[C@@H]1[C@H]1[C@H]2[C@H]2C=C[C@@H]1c1c(OC)c3c(c(OC)c12)[C@H]1C=C[C@@H]3[C@H]2[C@@H]1[C@H]1C=C[C@@H]2C1OCC=C. The Morgan fingerprint density at radius 2 is 0.825 bits per heavy atom. The van der Waals surface area contributed by atoms with E-state index in [-0.39, 0.29) is 12.2 Å². The van der Waals surface area contributed by atoms with Crippen molar-refractivity contribution in [3.8, 4) is 11.5 Å². The second-order valence-corrected chi connectivity index (χ2v) is 13.2. The molecular weight excluding hydrogens is 496 g/mol. The van der Waals surface area contributed by atoms with Gasteiger partial charge in [0.15, 0.2) is 0 Å². The molecule has 0 N–H and O–H groups in total. The molecule has 10 aliphatic rings. The van der Waals surface area contributed by atoms with Crippen LogP contribution in [0.5, 0.6) is 11.5 Å². The summed E-state index contributed by atoms with van der Waals surface area (Å²) in [6, 6.07) is 0. The zero-order chi connectivity index (χ0) is 26.9. The van der Waals surface area contributed by atoms with Crippen LogP contribution in [0.3, 0.4) is 0 Å². The standard InChI is InChI=1S/C36H38O4/c1-5-15-39-33-21-11-12-22(33)26-18-8-7-17(25(21)26)29-30(18)36(38-4)32-20-10-9-19(31(32)35(29)37-3)27-23-13-14-24(28(20)27)34(23)40-16-6-2/h5-14,17-28,33-34H,1-2,15-16H2,3-4H3/t17-,18+,19+,20-,21+,22-,23-,24+,25-,26-,27+,28-,33?,34?/m0/s1. The first-order chi connectivity index (χ1) is 19.7. The summed E-state index contributed by atoms with van der Waals surface area (Å²) in [7, 11) is 3.78. The Kier molecular flexibility index (Phi) is 4.98. The van der Waals surface area contributed by atoms with Gasteiger partial charge in [-0.1, -0.05) is 60.8 Å². The molecule has 0 amide bonds. The summed E-state index contributed by atoms with van der Waals surface area (Å²) in [6.45, 7) is 9.05. The van der Waals surface area contributed by atoms with E-state index in [1.807, 2.05) is 26.4 Å². The normalized spacial score (nSPS) is 46.0. The molecule has 4 heteroatoms. The minimum absolute atomic E-state index is 0.241. The van der Waals surface area contributed by atoms with Crippen molar-refractivity contribution in [3.05, 3.63) is 96.2 Å². The van der Waals surface area contributed by atoms with E-state index in [1.165, 1.54) is 22.3 Å². The molecule has 0 saturated heterocycles. The fraction of sp³-hybridized carbons (Fsp3) is 0.500. The fourth-order valence-electron chi connectivity index (χ4n) is 11.3. The number of hydrogen-bond donors (Lipinski definition) is 0. The largest absolute Gasteiger partial charge is 0.496 e. The smallest absolute Gasteiger partial charge is 0.127 e. The van der Waals surface area contributed by atoms with Gasteiger partial charge in [0, 0.05) is 69.6 Å². The van der Waals surface area contributed by atoms with Crippen molar-refractivity contribution < 1.29 is 18.9 Å². The summed E-state index contributed by atoms with van der Waals surface area (Å²) >= 11 is 0. The summed E-state index contributed by atoms with van der Waals surface area (Å²) < 4.78 is 25.9. The molecule has 0 radical (unpaired) electrons. The van der Waals surface area contributed by atoms with Crippen LogP contribution < -0.4 is 9.47 Å². The lowest BCUT2D eigenvalue weighted by Crippen LogP contribution is -2.41. The Balaban J connectivity index is 1.21. The first kappa shape index (κ1) is 23.8. The van der Waals surface area contributed by atoms with Crippen LogP contribution in [0.1, 0.15) is 45.9 Å². The van der Waals surface area contributed by atoms with Crippen LogP contribution in [0, 0.1) is 47.3 Å². The van der Waals surface area contributed by atoms with Crippen LogP contribution in [-0.4, -0.2) is 39.6 Å². The Hall–Kier alpha value is -2.82. The van der Waals surface area contributed by atoms with E-state index in [0.717, 1.165) is 11.5 Å². The number of ether oxygens (including phenoxy) is 4. The molecule has 206 valence electrons. The third-order valence-corrected chi connectivity index (χ3v) is 12.1. The first-order valence-electron chi connectivity index (χ1n) is 15.2. The minimum Gasteiger partial charge on any atom is -0.496 e. The Morgan fingerprint density at radius 1 is 0.525 bits per heavy atom. The lowest BCUT2D eigenvalue weighted by molar-refractivity contribution is 0.0408. The lowest BCUT2D eigenvalue weighted by Gasteiger charge is -2.52. The summed E-state index contributed by atoms with van der Waals surface area (Å²) in [6.07, 6.45) is 24.0. The van der Waals surface area contributed by atoms with E-state index in [1.54, 1.807) is 0 Å². The third-order valence-electron chi connectivity index (χ3n) is 12.1. The number of hydrogen-bond acceptors (Lipinski definition) is 4. The molecule has 2 saturated carbocycles. The molecule has 40 heavy (non-hydrogen) atoms. The number of allylic oxidation sites excluding steroid dienone is 4. The predicted octanol–water partition coefficient (Wildman–Crippen LogP) is 6.44. The molecule has 8 bridgehead atoms. The van der Waals surface area contributed by atoms with Crippen LogP contribution in [0.4, 0.5) is 0 Å². The maximum atomic E-state index is 6.51. The van der Waals surface area contributed by atoms with Gasteiger partial charge in [0.25, 0.3) is 0 Å². The van der Waals surface area contributed by atoms with Gasteiger partial charge in [0.1, 0.15) is 11.5 Å². The first-order valence-corrected chi connectivity index (χ1v) is 15.2. The van der Waals surface area contributed by atoms with E-state index in [0.29, 0.717) is 84.2 Å². The van der Waals surface area contributed by atoms with Gasteiger partial charge >= 0.3 is 0 Å². The van der Waals surface area contributed by atoms with Crippen molar-refractivity contribution in [2.45, 2.75) is 35.9 Å². The molecule has 10 aliphatic carbocycles. The highest BCUT2D eigenvalue weighted by Gasteiger charge is 2.65. The highest BCUT2D eigenvalue weighted by Crippen LogP contribution is 2.73. The molecule has 0 heterocycles. The van der Waals surface area contributed by atoms with Crippen LogP contribution in [0.2, 0.25) is 0 Å². The van der Waals surface area contributed by atoms with Gasteiger partial charge in [-0.3, -0.25) is 0 Å². The van der Waals surface area contributed by atoms with Gasteiger partial charge in [-0.25, -0.2) is 0 Å². The van der Waals surface area contributed by atoms with Crippen molar-refractivity contribution in [1.29, 1.82) is 0 Å². The van der Waals surface area contributed by atoms with Gasteiger partial charge in [-0.05, 0) is 23.7 Å². The Bertz CT molecular complexity index is 1240. The van der Waals surface area contributed by atoms with Gasteiger partial charge in [-0.15, -0.1) is 13.2 Å². The maximum Gasteiger partial charge on any atom is 0.127 e. The molecule has 0 aliphatic heterocycles. The van der Waals surface area contributed by atoms with Gasteiger partial charge in [-0.2, -0.15) is 0 Å². The average molecular weight is 535 g/mol.